The van der Waals surface area contributed by atoms with Crippen LogP contribution in [-0.2, 0) is 4.79 Å². The predicted octanol–water partition coefficient (Wildman–Crippen LogP) is 4.01. The third-order valence-corrected chi connectivity index (χ3v) is 4.11. The molecule has 0 aromatic carbocycles. The molecule has 0 saturated carbocycles. The Morgan fingerprint density at radius 1 is 1.10 bits per heavy atom. The molecule has 2 nitrogen and oxygen atoms in total. The van der Waals surface area contributed by atoms with Crippen LogP contribution in [0.2, 0.25) is 0 Å². The lowest BCUT2D eigenvalue weighted by Crippen LogP contribution is -2.33. The van der Waals surface area contributed by atoms with Crippen molar-refractivity contribution in [2.75, 3.05) is 6.54 Å². The molecule has 2 aliphatic rings. The van der Waals surface area contributed by atoms with Crippen molar-refractivity contribution in [3.8, 4) is 0 Å². The molecule has 1 fully saturated rings. The molecule has 1 atom stereocenters. The van der Waals surface area contributed by atoms with E-state index in [1.54, 1.807) is 0 Å². The zero-order valence-electron chi connectivity index (χ0n) is 13.4. The smallest absolute Gasteiger partial charge is 0.251 e. The second-order valence-electron chi connectivity index (χ2n) is 7.56. The number of hydrogen-bond acceptors (Lipinski definition) is 1. The van der Waals surface area contributed by atoms with Gasteiger partial charge in [0.05, 0.1) is 0 Å². The second kappa shape index (κ2) is 5.23. The Hall–Kier alpha value is -1.31. The molecule has 1 N–H and O–H groups in total. The Bertz CT molecular complexity index is 492. The van der Waals surface area contributed by atoms with Gasteiger partial charge >= 0.3 is 0 Å². The van der Waals surface area contributed by atoms with Crippen molar-refractivity contribution >= 4 is 5.91 Å². The first-order chi connectivity index (χ1) is 9.19. The van der Waals surface area contributed by atoms with Crippen LogP contribution < -0.4 is 5.32 Å². The lowest BCUT2D eigenvalue weighted by Gasteiger charge is -2.29. The molecule has 2 rings (SSSR count). The highest BCUT2D eigenvalue weighted by molar-refractivity contribution is 5.98. The summed E-state index contributed by atoms with van der Waals surface area (Å²) >= 11 is 0. The summed E-state index contributed by atoms with van der Waals surface area (Å²) < 4.78 is 0. The lowest BCUT2D eigenvalue weighted by molar-refractivity contribution is -0.117. The van der Waals surface area contributed by atoms with E-state index in [0.717, 1.165) is 25.0 Å². The van der Waals surface area contributed by atoms with Gasteiger partial charge in [-0.1, -0.05) is 58.9 Å². The summed E-state index contributed by atoms with van der Waals surface area (Å²) in [5.41, 5.74) is 1.99. The SMILES string of the molecule is CC1CCC2=C/C(C)(C)/C=C\C(C)(C)/C=C\2C(=O)NC1. The molecule has 0 radical (unpaired) electrons. The van der Waals surface area contributed by atoms with E-state index >= 15 is 0 Å². The van der Waals surface area contributed by atoms with Crippen LogP contribution >= 0.6 is 0 Å². The van der Waals surface area contributed by atoms with Crippen LogP contribution in [-0.4, -0.2) is 12.5 Å². The summed E-state index contributed by atoms with van der Waals surface area (Å²) in [7, 11) is 0. The summed E-state index contributed by atoms with van der Waals surface area (Å²) in [6.07, 6.45) is 11.0. The quantitative estimate of drug-likeness (QED) is 0.664. The van der Waals surface area contributed by atoms with E-state index < -0.39 is 0 Å². The Morgan fingerprint density at radius 2 is 1.70 bits per heavy atom. The van der Waals surface area contributed by atoms with Crippen LogP contribution in [0.5, 0.6) is 0 Å². The van der Waals surface area contributed by atoms with Crippen LogP contribution in [0.25, 0.3) is 0 Å². The Morgan fingerprint density at radius 3 is 2.35 bits per heavy atom. The Labute approximate surface area is 123 Å². The van der Waals surface area contributed by atoms with Gasteiger partial charge in [0, 0.05) is 22.9 Å². The van der Waals surface area contributed by atoms with Gasteiger partial charge in [-0.05, 0) is 24.3 Å². The second-order valence-corrected chi connectivity index (χ2v) is 7.56. The Kier molecular flexibility index (Phi) is 3.95. The highest BCUT2D eigenvalue weighted by Crippen LogP contribution is 2.35. The van der Waals surface area contributed by atoms with Gasteiger partial charge in [-0.15, -0.1) is 0 Å². The van der Waals surface area contributed by atoms with E-state index in [1.807, 2.05) is 0 Å². The number of carbonyl (C=O) groups is 1. The van der Waals surface area contributed by atoms with Crippen molar-refractivity contribution in [2.24, 2.45) is 16.7 Å². The van der Waals surface area contributed by atoms with E-state index in [9.17, 15) is 4.79 Å². The van der Waals surface area contributed by atoms with Crippen molar-refractivity contribution in [3.05, 3.63) is 35.5 Å². The van der Waals surface area contributed by atoms with Crippen LogP contribution in [0.1, 0.15) is 47.5 Å². The minimum Gasteiger partial charge on any atom is -0.352 e. The molecule has 2 heteroatoms. The van der Waals surface area contributed by atoms with Crippen molar-refractivity contribution in [1.29, 1.82) is 0 Å². The van der Waals surface area contributed by atoms with Gasteiger partial charge in [0.2, 0.25) is 0 Å². The van der Waals surface area contributed by atoms with Crippen LogP contribution in [0.4, 0.5) is 0 Å². The maximum atomic E-state index is 12.5. The van der Waals surface area contributed by atoms with Gasteiger partial charge in [-0.25, -0.2) is 0 Å². The van der Waals surface area contributed by atoms with E-state index in [1.165, 1.54) is 5.57 Å². The molecule has 1 amide bonds. The fourth-order valence-corrected chi connectivity index (χ4v) is 2.80. The maximum absolute atomic E-state index is 12.5. The summed E-state index contributed by atoms with van der Waals surface area (Å²) in [4.78, 5) is 12.5. The summed E-state index contributed by atoms with van der Waals surface area (Å²) in [6, 6.07) is 0. The first-order valence-electron chi connectivity index (χ1n) is 7.62. The largest absolute Gasteiger partial charge is 0.352 e. The molecule has 1 aliphatic carbocycles. The summed E-state index contributed by atoms with van der Waals surface area (Å²) in [5.74, 6) is 0.625. The third kappa shape index (κ3) is 3.62. The Balaban J connectivity index is 2.52. The van der Waals surface area contributed by atoms with Gasteiger partial charge < -0.3 is 5.32 Å². The molecular formula is C18H27NO. The van der Waals surface area contributed by atoms with Gasteiger partial charge in [0.15, 0.2) is 0 Å². The molecule has 1 aliphatic heterocycles. The number of nitrogens with one attached hydrogen (secondary N) is 1. The fourth-order valence-electron chi connectivity index (χ4n) is 2.80. The maximum Gasteiger partial charge on any atom is 0.251 e. The van der Waals surface area contributed by atoms with Crippen LogP contribution in [0.3, 0.4) is 0 Å². The molecule has 1 heterocycles. The number of rotatable bonds is 0. The van der Waals surface area contributed by atoms with E-state index in [0.29, 0.717) is 5.92 Å². The third-order valence-electron chi connectivity index (χ3n) is 4.11. The standard InChI is InChI=1S/C18H27NO/c1-13-6-7-14-10-17(2,3)8-9-18(4,5)11-15(14)16(20)19-12-13/h8-11,13H,6-7,12H2,1-5H3,(H,19,20)/b9-8-,14-10-,15-11+. The number of carbonyl (C=O) groups excluding carboxylic acids is 1. The van der Waals surface area contributed by atoms with Crippen LogP contribution in [0.15, 0.2) is 35.5 Å². The highest BCUT2D eigenvalue weighted by Gasteiger charge is 2.27. The number of amides is 1. The van der Waals surface area contributed by atoms with Gasteiger partial charge in [0.25, 0.3) is 5.91 Å². The van der Waals surface area contributed by atoms with Gasteiger partial charge in [-0.2, -0.15) is 0 Å². The molecule has 0 aromatic rings. The molecular weight excluding hydrogens is 246 g/mol. The van der Waals surface area contributed by atoms with Gasteiger partial charge in [-0.3, -0.25) is 4.79 Å². The minimum atomic E-state index is -0.0890. The molecule has 0 spiro atoms. The van der Waals surface area contributed by atoms with Crippen molar-refractivity contribution in [3.63, 3.8) is 0 Å². The predicted molar refractivity (Wildman–Crippen MR) is 84.3 cm³/mol. The van der Waals surface area contributed by atoms with Crippen LogP contribution in [0, 0.1) is 16.7 Å². The van der Waals surface area contributed by atoms with E-state index in [2.05, 4.69) is 64.2 Å². The number of allylic oxidation sites excluding steroid dienone is 4. The topological polar surface area (TPSA) is 29.1 Å². The minimum absolute atomic E-state index is 0.00513. The number of hydrogen-bond donors (Lipinski definition) is 1. The normalized spacial score (nSPS) is 35.6. The summed E-state index contributed by atoms with van der Waals surface area (Å²) in [5, 5.41) is 3.07. The average molecular weight is 273 g/mol. The van der Waals surface area contributed by atoms with E-state index in [-0.39, 0.29) is 16.7 Å². The highest BCUT2D eigenvalue weighted by atomic mass is 16.1. The molecule has 20 heavy (non-hydrogen) atoms. The van der Waals surface area contributed by atoms with Crippen molar-refractivity contribution in [1.82, 2.24) is 5.32 Å². The molecule has 1 saturated heterocycles. The zero-order valence-corrected chi connectivity index (χ0v) is 13.4. The fraction of sp³-hybridized carbons (Fsp3) is 0.611. The summed E-state index contributed by atoms with van der Waals surface area (Å²) in [6.45, 7) is 11.7. The number of fused-ring (bicyclic) bond motifs is 1. The first-order valence-corrected chi connectivity index (χ1v) is 7.62. The molecule has 1 unspecified atom stereocenters. The van der Waals surface area contributed by atoms with Gasteiger partial charge in [0.1, 0.15) is 0 Å². The zero-order chi connectivity index (χ0) is 15.0. The van der Waals surface area contributed by atoms with Crippen molar-refractivity contribution < 1.29 is 4.79 Å². The first kappa shape index (κ1) is 15.1. The monoisotopic (exact) mass is 273 g/mol. The lowest BCUT2D eigenvalue weighted by atomic mass is 9.77. The molecule has 0 bridgehead atoms. The van der Waals surface area contributed by atoms with Crippen molar-refractivity contribution in [2.45, 2.75) is 47.5 Å². The molecule has 110 valence electrons. The molecule has 0 aromatic heterocycles. The average Bonchev–Trinajstić information content (AvgIpc) is 2.34. The van der Waals surface area contributed by atoms with E-state index in [4.69, 9.17) is 0 Å².